The molecule has 1 amide bonds. The van der Waals surface area contributed by atoms with E-state index in [4.69, 9.17) is 0 Å². The van der Waals surface area contributed by atoms with Crippen molar-refractivity contribution in [2.24, 2.45) is 5.92 Å². The number of sulfonamides is 1. The molecule has 0 aromatic heterocycles. The van der Waals surface area contributed by atoms with Crippen molar-refractivity contribution in [2.45, 2.75) is 56.9 Å². The highest BCUT2D eigenvalue weighted by Gasteiger charge is 2.42. The molecule has 2 N–H and O–H groups in total. The van der Waals surface area contributed by atoms with E-state index in [0.29, 0.717) is 32.2 Å². The van der Waals surface area contributed by atoms with Gasteiger partial charge in [-0.3, -0.25) is 4.79 Å². The lowest BCUT2D eigenvalue weighted by Gasteiger charge is -2.34. The third-order valence-corrected chi connectivity index (χ3v) is 6.22. The molecule has 0 unspecified atom stereocenters. The first-order valence-corrected chi connectivity index (χ1v) is 10.1. The molecule has 1 saturated carbocycles. The molecule has 0 spiro atoms. The minimum absolute atomic E-state index is 0.139. The average Bonchev–Trinajstić information content (AvgIpc) is 2.73. The van der Waals surface area contributed by atoms with Crippen molar-refractivity contribution >= 4 is 21.9 Å². The summed E-state index contributed by atoms with van der Waals surface area (Å²) in [5, 5.41) is 12.4. The van der Waals surface area contributed by atoms with Gasteiger partial charge >= 0.3 is 5.97 Å². The van der Waals surface area contributed by atoms with Crippen molar-refractivity contribution in [2.75, 3.05) is 19.3 Å². The minimum atomic E-state index is -3.33. The Hall–Kier alpha value is -1.15. The van der Waals surface area contributed by atoms with Crippen molar-refractivity contribution < 1.29 is 23.1 Å². The first kappa shape index (κ1) is 18.2. The van der Waals surface area contributed by atoms with Gasteiger partial charge in [-0.1, -0.05) is 25.7 Å². The highest BCUT2D eigenvalue weighted by atomic mass is 32.2. The van der Waals surface area contributed by atoms with E-state index in [0.717, 1.165) is 31.9 Å². The van der Waals surface area contributed by atoms with Gasteiger partial charge in [0.15, 0.2) is 0 Å². The summed E-state index contributed by atoms with van der Waals surface area (Å²) in [5.74, 6) is -1.79. The number of carboxylic acids is 1. The predicted octanol–water partition coefficient (Wildman–Crippen LogP) is 0.952. The molecule has 2 rings (SSSR count). The van der Waals surface area contributed by atoms with Gasteiger partial charge in [0.1, 0.15) is 5.54 Å². The number of rotatable bonds is 4. The fourth-order valence-corrected chi connectivity index (χ4v) is 4.43. The summed E-state index contributed by atoms with van der Waals surface area (Å²) in [6.07, 6.45) is 6.76. The second-order valence-corrected chi connectivity index (χ2v) is 8.73. The van der Waals surface area contributed by atoms with Crippen LogP contribution in [0, 0.1) is 5.92 Å². The zero-order valence-electron chi connectivity index (χ0n) is 13.6. The van der Waals surface area contributed by atoms with Crippen LogP contribution in [-0.2, 0) is 19.6 Å². The number of nitrogens with zero attached hydrogens (tertiary/aromatic N) is 1. The molecule has 23 heavy (non-hydrogen) atoms. The number of carbonyl (C=O) groups excluding carboxylic acids is 1. The van der Waals surface area contributed by atoms with Gasteiger partial charge in [-0.2, -0.15) is 0 Å². The van der Waals surface area contributed by atoms with Crippen LogP contribution in [-0.4, -0.2) is 54.6 Å². The summed E-state index contributed by atoms with van der Waals surface area (Å²) >= 11 is 0. The summed E-state index contributed by atoms with van der Waals surface area (Å²) in [5.41, 5.74) is -1.19. The highest BCUT2D eigenvalue weighted by Crippen LogP contribution is 2.29. The first-order chi connectivity index (χ1) is 10.7. The molecular weight excluding hydrogens is 320 g/mol. The lowest BCUT2D eigenvalue weighted by molar-refractivity contribution is -0.149. The standard InChI is InChI=1S/C15H26N2O5S/c1-23(21,22)17-10-6-7-12(11-17)13(18)16-15(14(19)20)8-4-2-3-5-9-15/h12H,2-11H2,1H3,(H,16,18)(H,19,20)/t12-/m1/s1. The summed E-state index contributed by atoms with van der Waals surface area (Å²) in [6.45, 7) is 0.563. The first-order valence-electron chi connectivity index (χ1n) is 8.25. The van der Waals surface area contributed by atoms with E-state index in [-0.39, 0.29) is 12.5 Å². The zero-order valence-corrected chi connectivity index (χ0v) is 14.4. The Labute approximate surface area is 137 Å². The Morgan fingerprint density at radius 1 is 1.13 bits per heavy atom. The quantitative estimate of drug-likeness (QED) is 0.738. The molecule has 1 aliphatic carbocycles. The van der Waals surface area contributed by atoms with Crippen molar-refractivity contribution in [3.05, 3.63) is 0 Å². The average molecular weight is 346 g/mol. The van der Waals surface area contributed by atoms with Gasteiger partial charge in [0.2, 0.25) is 15.9 Å². The number of carbonyl (C=O) groups is 2. The smallest absolute Gasteiger partial charge is 0.329 e. The summed E-state index contributed by atoms with van der Waals surface area (Å²) in [7, 11) is -3.33. The molecule has 7 nitrogen and oxygen atoms in total. The van der Waals surface area contributed by atoms with Crippen LogP contribution in [0.3, 0.4) is 0 Å². The van der Waals surface area contributed by atoms with Gasteiger partial charge in [0.25, 0.3) is 0 Å². The zero-order chi connectivity index (χ0) is 17.1. The molecule has 2 fully saturated rings. The second-order valence-electron chi connectivity index (χ2n) is 6.75. The van der Waals surface area contributed by atoms with E-state index in [1.165, 1.54) is 4.31 Å². The topological polar surface area (TPSA) is 104 Å². The molecule has 1 heterocycles. The number of amides is 1. The number of piperidine rings is 1. The normalized spacial score (nSPS) is 26.2. The Kier molecular flexibility index (Phi) is 5.67. The number of carboxylic acid groups (broad SMARTS) is 1. The molecule has 8 heteroatoms. The van der Waals surface area contributed by atoms with Gasteiger partial charge in [-0.25, -0.2) is 17.5 Å². The van der Waals surface area contributed by atoms with Crippen LogP contribution in [0.15, 0.2) is 0 Å². The fraction of sp³-hybridized carbons (Fsp3) is 0.867. The minimum Gasteiger partial charge on any atom is -0.480 e. The molecule has 1 atom stereocenters. The van der Waals surface area contributed by atoms with Crippen molar-refractivity contribution in [1.82, 2.24) is 9.62 Å². The van der Waals surface area contributed by atoms with Crippen LogP contribution in [0.25, 0.3) is 0 Å². The maximum atomic E-state index is 12.6. The van der Waals surface area contributed by atoms with Crippen LogP contribution < -0.4 is 5.32 Å². The van der Waals surface area contributed by atoms with Gasteiger partial charge in [-0.15, -0.1) is 0 Å². The van der Waals surface area contributed by atoms with Crippen LogP contribution >= 0.6 is 0 Å². The van der Waals surface area contributed by atoms with Gasteiger partial charge in [0, 0.05) is 13.1 Å². The van der Waals surface area contributed by atoms with Crippen LogP contribution in [0.5, 0.6) is 0 Å². The van der Waals surface area contributed by atoms with Crippen LogP contribution in [0.2, 0.25) is 0 Å². The van der Waals surface area contributed by atoms with Gasteiger partial charge in [-0.05, 0) is 25.7 Å². The summed E-state index contributed by atoms with van der Waals surface area (Å²) in [6, 6.07) is 0. The van der Waals surface area contributed by atoms with Gasteiger partial charge in [0.05, 0.1) is 12.2 Å². The van der Waals surface area contributed by atoms with E-state index >= 15 is 0 Å². The Morgan fingerprint density at radius 3 is 2.26 bits per heavy atom. The molecule has 132 valence electrons. The number of hydrogen-bond acceptors (Lipinski definition) is 4. The molecule has 0 aromatic carbocycles. The van der Waals surface area contributed by atoms with Crippen LogP contribution in [0.1, 0.15) is 51.4 Å². The molecule has 1 saturated heterocycles. The molecule has 0 bridgehead atoms. The Balaban J connectivity index is 2.08. The van der Waals surface area contributed by atoms with Crippen molar-refractivity contribution in [1.29, 1.82) is 0 Å². The van der Waals surface area contributed by atoms with Crippen molar-refractivity contribution in [3.63, 3.8) is 0 Å². The highest BCUT2D eigenvalue weighted by molar-refractivity contribution is 7.88. The SMILES string of the molecule is CS(=O)(=O)N1CCC[C@@H](C(=O)NC2(C(=O)O)CCCCCC2)C1. The number of nitrogens with one attached hydrogen (secondary N) is 1. The Morgan fingerprint density at radius 2 is 1.74 bits per heavy atom. The number of aliphatic carboxylic acids is 1. The van der Waals surface area contributed by atoms with E-state index in [1.807, 2.05) is 0 Å². The third-order valence-electron chi connectivity index (χ3n) is 4.95. The largest absolute Gasteiger partial charge is 0.480 e. The predicted molar refractivity (Wildman–Crippen MR) is 85.4 cm³/mol. The summed E-state index contributed by atoms with van der Waals surface area (Å²) in [4.78, 5) is 24.3. The molecule has 0 aromatic rings. The molecule has 2 aliphatic rings. The van der Waals surface area contributed by atoms with Gasteiger partial charge < -0.3 is 10.4 Å². The van der Waals surface area contributed by atoms with E-state index in [2.05, 4.69) is 5.32 Å². The molecular formula is C15H26N2O5S. The monoisotopic (exact) mass is 346 g/mol. The van der Waals surface area contributed by atoms with E-state index < -0.39 is 27.4 Å². The lowest BCUT2D eigenvalue weighted by Crippen LogP contribution is -2.57. The second kappa shape index (κ2) is 7.17. The lowest BCUT2D eigenvalue weighted by atomic mass is 9.88. The maximum Gasteiger partial charge on any atom is 0.329 e. The summed E-state index contributed by atoms with van der Waals surface area (Å²) < 4.78 is 24.6. The van der Waals surface area contributed by atoms with E-state index in [1.54, 1.807) is 0 Å². The van der Waals surface area contributed by atoms with Crippen molar-refractivity contribution in [3.8, 4) is 0 Å². The number of hydrogen-bond donors (Lipinski definition) is 2. The maximum absolute atomic E-state index is 12.6. The fourth-order valence-electron chi connectivity index (χ4n) is 3.52. The van der Waals surface area contributed by atoms with Crippen LogP contribution in [0.4, 0.5) is 0 Å². The third kappa shape index (κ3) is 4.44. The Bertz CT molecular complexity index is 552. The molecule has 0 radical (unpaired) electrons. The van der Waals surface area contributed by atoms with E-state index in [9.17, 15) is 23.1 Å². The molecule has 1 aliphatic heterocycles.